The molecule has 7 heteroatoms. The summed E-state index contributed by atoms with van der Waals surface area (Å²) in [7, 11) is 0. The maximum atomic E-state index is 11.8. The third-order valence-electron chi connectivity index (χ3n) is 1.34. The molecule has 0 aliphatic carbocycles. The van der Waals surface area contributed by atoms with Crippen LogP contribution in [0.25, 0.3) is 0 Å². The molecule has 0 aromatic carbocycles. The molecule has 3 N–H and O–H groups in total. The van der Waals surface area contributed by atoms with Crippen molar-refractivity contribution in [3.8, 4) is 0 Å². The summed E-state index contributed by atoms with van der Waals surface area (Å²) in [5.74, 6) is -0.201. The van der Waals surface area contributed by atoms with Crippen LogP contribution in [-0.2, 0) is 6.54 Å². The monoisotopic (exact) mass is 190 g/mol. The van der Waals surface area contributed by atoms with Crippen LogP contribution in [0.1, 0.15) is 5.69 Å². The van der Waals surface area contributed by atoms with Crippen molar-refractivity contribution in [1.82, 2.24) is 9.78 Å². The van der Waals surface area contributed by atoms with Gasteiger partial charge in [0.25, 0.3) is 6.43 Å². The summed E-state index contributed by atoms with van der Waals surface area (Å²) < 4.78 is 24.7. The Bertz CT molecular complexity index is 309. The van der Waals surface area contributed by atoms with E-state index in [4.69, 9.17) is 10.9 Å². The quantitative estimate of drug-likeness (QED) is 0.310. The number of amidine groups is 1. The first-order valence-corrected chi connectivity index (χ1v) is 3.43. The molecule has 72 valence electrons. The van der Waals surface area contributed by atoms with Crippen molar-refractivity contribution in [2.45, 2.75) is 13.0 Å². The fourth-order valence-corrected chi connectivity index (χ4v) is 0.793. The number of hydrogen-bond acceptors (Lipinski definition) is 3. The minimum atomic E-state index is -2.47. The van der Waals surface area contributed by atoms with E-state index in [1.165, 1.54) is 12.3 Å². The SMILES string of the molecule is N/C(=N\O)c1ccn(CC(F)F)n1. The first-order chi connectivity index (χ1) is 6.13. The van der Waals surface area contributed by atoms with Gasteiger partial charge in [0.2, 0.25) is 0 Å². The maximum absolute atomic E-state index is 11.8. The summed E-state index contributed by atoms with van der Waals surface area (Å²) >= 11 is 0. The van der Waals surface area contributed by atoms with E-state index >= 15 is 0 Å². The zero-order valence-electron chi connectivity index (χ0n) is 6.56. The van der Waals surface area contributed by atoms with Gasteiger partial charge in [0.05, 0.1) is 0 Å². The average molecular weight is 190 g/mol. The number of nitrogens with zero attached hydrogens (tertiary/aromatic N) is 3. The van der Waals surface area contributed by atoms with Gasteiger partial charge in [0, 0.05) is 6.20 Å². The van der Waals surface area contributed by atoms with Gasteiger partial charge in [-0.25, -0.2) is 8.78 Å². The molecule has 0 radical (unpaired) electrons. The van der Waals surface area contributed by atoms with E-state index in [1.54, 1.807) is 0 Å². The lowest BCUT2D eigenvalue weighted by molar-refractivity contribution is 0.122. The van der Waals surface area contributed by atoms with Crippen LogP contribution in [0.3, 0.4) is 0 Å². The first-order valence-electron chi connectivity index (χ1n) is 3.43. The summed E-state index contributed by atoms with van der Waals surface area (Å²) in [5.41, 5.74) is 5.34. The van der Waals surface area contributed by atoms with Gasteiger partial charge in [-0.15, -0.1) is 0 Å². The molecule has 0 fully saturated rings. The van der Waals surface area contributed by atoms with Gasteiger partial charge in [0.1, 0.15) is 12.2 Å². The van der Waals surface area contributed by atoms with E-state index in [9.17, 15) is 8.78 Å². The normalized spacial score (nSPS) is 12.4. The summed E-state index contributed by atoms with van der Waals surface area (Å²) in [6, 6.07) is 1.39. The third kappa shape index (κ3) is 2.39. The number of rotatable bonds is 3. The zero-order valence-corrected chi connectivity index (χ0v) is 6.56. The number of halogens is 2. The van der Waals surface area contributed by atoms with Crippen molar-refractivity contribution < 1.29 is 14.0 Å². The summed E-state index contributed by atoms with van der Waals surface area (Å²) in [4.78, 5) is 0. The average Bonchev–Trinajstić information content (AvgIpc) is 2.50. The highest BCUT2D eigenvalue weighted by Crippen LogP contribution is 2.00. The van der Waals surface area contributed by atoms with Crippen molar-refractivity contribution in [2.75, 3.05) is 0 Å². The van der Waals surface area contributed by atoms with Gasteiger partial charge in [-0.05, 0) is 6.07 Å². The highest BCUT2D eigenvalue weighted by atomic mass is 19.3. The third-order valence-corrected chi connectivity index (χ3v) is 1.34. The number of hydrogen-bond donors (Lipinski definition) is 2. The van der Waals surface area contributed by atoms with Gasteiger partial charge in [-0.2, -0.15) is 5.10 Å². The van der Waals surface area contributed by atoms with Crippen LogP contribution in [0, 0.1) is 0 Å². The van der Waals surface area contributed by atoms with E-state index in [0.29, 0.717) is 0 Å². The lowest BCUT2D eigenvalue weighted by Crippen LogP contribution is -2.15. The van der Waals surface area contributed by atoms with Gasteiger partial charge >= 0.3 is 0 Å². The minimum absolute atomic E-state index is 0.170. The van der Waals surface area contributed by atoms with Crippen molar-refractivity contribution in [3.63, 3.8) is 0 Å². The molecule has 0 spiro atoms. The highest BCUT2D eigenvalue weighted by molar-refractivity contribution is 5.94. The smallest absolute Gasteiger partial charge is 0.257 e. The van der Waals surface area contributed by atoms with E-state index < -0.39 is 13.0 Å². The molecule has 1 rings (SSSR count). The van der Waals surface area contributed by atoms with Crippen LogP contribution in [0.4, 0.5) is 8.78 Å². The summed E-state index contributed by atoms with van der Waals surface area (Å²) in [5, 5.41) is 14.6. The number of nitrogens with two attached hydrogens (primary N) is 1. The molecule has 0 amide bonds. The van der Waals surface area contributed by atoms with Crippen LogP contribution >= 0.6 is 0 Å². The predicted molar refractivity (Wildman–Crippen MR) is 40.7 cm³/mol. The fraction of sp³-hybridized carbons (Fsp3) is 0.333. The Hall–Kier alpha value is -1.66. The largest absolute Gasteiger partial charge is 0.409 e. The second kappa shape index (κ2) is 3.83. The molecular formula is C6H8F2N4O. The van der Waals surface area contributed by atoms with Crippen molar-refractivity contribution >= 4 is 5.84 Å². The molecular weight excluding hydrogens is 182 g/mol. The highest BCUT2D eigenvalue weighted by Gasteiger charge is 2.07. The molecule has 1 heterocycles. The van der Waals surface area contributed by atoms with E-state index in [-0.39, 0.29) is 11.5 Å². The number of oxime groups is 1. The Kier molecular flexibility index (Phi) is 2.78. The Morgan fingerprint density at radius 1 is 1.77 bits per heavy atom. The van der Waals surface area contributed by atoms with Crippen LogP contribution in [0.15, 0.2) is 17.4 Å². The van der Waals surface area contributed by atoms with Crippen molar-refractivity contribution in [3.05, 3.63) is 18.0 Å². The molecule has 0 unspecified atom stereocenters. The van der Waals surface area contributed by atoms with Crippen LogP contribution < -0.4 is 5.73 Å². The van der Waals surface area contributed by atoms with Gasteiger partial charge in [-0.1, -0.05) is 5.16 Å². The topological polar surface area (TPSA) is 76.4 Å². The molecule has 0 aliphatic heterocycles. The maximum Gasteiger partial charge on any atom is 0.257 e. The zero-order chi connectivity index (χ0) is 9.84. The Labute approximate surface area is 72.4 Å². The van der Waals surface area contributed by atoms with E-state index in [2.05, 4.69) is 10.3 Å². The molecule has 0 saturated carbocycles. The lowest BCUT2D eigenvalue weighted by atomic mass is 10.4. The van der Waals surface area contributed by atoms with Crippen LogP contribution in [0.2, 0.25) is 0 Å². The number of aromatic nitrogens is 2. The molecule has 0 aliphatic rings. The van der Waals surface area contributed by atoms with Crippen molar-refractivity contribution in [2.24, 2.45) is 10.9 Å². The molecule has 13 heavy (non-hydrogen) atoms. The van der Waals surface area contributed by atoms with Gasteiger partial charge in [0.15, 0.2) is 5.84 Å². The second-order valence-electron chi connectivity index (χ2n) is 2.30. The Morgan fingerprint density at radius 3 is 3.00 bits per heavy atom. The molecule has 0 atom stereocenters. The lowest BCUT2D eigenvalue weighted by Gasteiger charge is -1.98. The molecule has 5 nitrogen and oxygen atoms in total. The molecule has 0 bridgehead atoms. The fourth-order valence-electron chi connectivity index (χ4n) is 0.793. The summed E-state index contributed by atoms with van der Waals surface area (Å²) in [6.45, 7) is -0.501. The first kappa shape index (κ1) is 9.43. The van der Waals surface area contributed by atoms with Gasteiger partial charge < -0.3 is 10.9 Å². The number of alkyl halides is 2. The van der Waals surface area contributed by atoms with Crippen LogP contribution in [-0.4, -0.2) is 27.2 Å². The molecule has 1 aromatic heterocycles. The molecule has 1 aromatic rings. The van der Waals surface area contributed by atoms with Crippen LogP contribution in [0.5, 0.6) is 0 Å². The Balaban J connectivity index is 2.75. The van der Waals surface area contributed by atoms with E-state index in [1.807, 2.05) is 0 Å². The Morgan fingerprint density at radius 2 is 2.46 bits per heavy atom. The summed E-state index contributed by atoms with van der Waals surface area (Å²) in [6.07, 6.45) is -1.14. The standard InChI is InChI=1S/C6H8F2N4O/c7-5(8)3-12-2-1-4(10-12)6(9)11-13/h1-2,5,13H,3H2,(H2,9,11). The van der Waals surface area contributed by atoms with Gasteiger partial charge in [-0.3, -0.25) is 4.68 Å². The minimum Gasteiger partial charge on any atom is -0.409 e. The van der Waals surface area contributed by atoms with E-state index in [0.717, 1.165) is 4.68 Å². The van der Waals surface area contributed by atoms with Crippen molar-refractivity contribution in [1.29, 1.82) is 0 Å². The second-order valence-corrected chi connectivity index (χ2v) is 2.30. The predicted octanol–water partition coefficient (Wildman–Crippen LogP) is 0.243. The molecule has 0 saturated heterocycles.